The van der Waals surface area contributed by atoms with E-state index in [0.29, 0.717) is 11.7 Å². The van der Waals surface area contributed by atoms with Gasteiger partial charge in [-0.25, -0.2) is 8.42 Å². The van der Waals surface area contributed by atoms with Gasteiger partial charge in [0.05, 0.1) is 4.90 Å². The Kier molecular flexibility index (Phi) is 6.10. The molecule has 2 aromatic carbocycles. The van der Waals surface area contributed by atoms with Crippen molar-refractivity contribution in [3.05, 3.63) is 60.2 Å². The fourth-order valence-corrected chi connectivity index (χ4v) is 4.33. The Morgan fingerprint density at radius 2 is 1.48 bits per heavy atom. The van der Waals surface area contributed by atoms with Crippen LogP contribution in [-0.4, -0.2) is 14.5 Å². The van der Waals surface area contributed by atoms with Crippen LogP contribution in [0.4, 0.5) is 5.69 Å². The van der Waals surface area contributed by atoms with E-state index in [4.69, 9.17) is 0 Å². The van der Waals surface area contributed by atoms with Gasteiger partial charge in [0.1, 0.15) is 0 Å². The Hall–Kier alpha value is -1.85. The van der Waals surface area contributed by atoms with Crippen molar-refractivity contribution >= 4 is 15.7 Å². The molecule has 0 amide bonds. The highest BCUT2D eigenvalue weighted by Gasteiger charge is 2.14. The average molecular weight is 359 g/mol. The Morgan fingerprint density at radius 3 is 2.12 bits per heavy atom. The number of rotatable bonds is 6. The highest BCUT2D eigenvalue weighted by Crippen LogP contribution is 2.19. The zero-order valence-electron chi connectivity index (χ0n) is 14.4. The maximum Gasteiger partial charge on any atom is 0.261 e. The first-order chi connectivity index (χ1) is 12.1. The van der Waals surface area contributed by atoms with E-state index in [0.717, 1.165) is 6.54 Å². The first-order valence-corrected chi connectivity index (χ1v) is 10.5. The molecule has 134 valence electrons. The number of hydrogen-bond acceptors (Lipinski definition) is 3. The number of sulfonamides is 1. The van der Waals surface area contributed by atoms with Crippen LogP contribution < -0.4 is 10.0 Å². The summed E-state index contributed by atoms with van der Waals surface area (Å²) in [5, 5.41) is 3.63. The fourth-order valence-electron chi connectivity index (χ4n) is 3.25. The summed E-state index contributed by atoms with van der Waals surface area (Å²) < 4.78 is 27.3. The molecule has 1 aliphatic carbocycles. The quantitative estimate of drug-likeness (QED) is 0.757. The highest BCUT2D eigenvalue weighted by molar-refractivity contribution is 7.92. The molecule has 0 heterocycles. The number of hydrogen-bond donors (Lipinski definition) is 2. The van der Waals surface area contributed by atoms with Gasteiger partial charge in [0.2, 0.25) is 0 Å². The van der Waals surface area contributed by atoms with Gasteiger partial charge >= 0.3 is 0 Å². The third-order valence-electron chi connectivity index (χ3n) is 4.71. The van der Waals surface area contributed by atoms with Crippen molar-refractivity contribution in [1.82, 2.24) is 5.32 Å². The van der Waals surface area contributed by atoms with Gasteiger partial charge < -0.3 is 5.32 Å². The Morgan fingerprint density at radius 1 is 0.840 bits per heavy atom. The van der Waals surface area contributed by atoms with Gasteiger partial charge in [-0.15, -0.1) is 0 Å². The summed E-state index contributed by atoms with van der Waals surface area (Å²) >= 11 is 0. The second kappa shape index (κ2) is 8.50. The number of nitrogens with one attached hydrogen (secondary N) is 2. The summed E-state index contributed by atoms with van der Waals surface area (Å²) in [6.45, 7) is 0.830. The summed E-state index contributed by atoms with van der Waals surface area (Å²) in [5.41, 5.74) is 1.76. The highest BCUT2D eigenvalue weighted by atomic mass is 32.2. The largest absolute Gasteiger partial charge is 0.310 e. The third-order valence-corrected chi connectivity index (χ3v) is 6.11. The summed E-state index contributed by atoms with van der Waals surface area (Å²) in [5.74, 6) is 0. The van der Waals surface area contributed by atoms with Crippen LogP contribution in [-0.2, 0) is 16.6 Å². The van der Waals surface area contributed by atoms with E-state index >= 15 is 0 Å². The van der Waals surface area contributed by atoms with E-state index in [1.165, 1.54) is 44.1 Å². The first kappa shape index (κ1) is 18.0. The minimum Gasteiger partial charge on any atom is -0.310 e. The van der Waals surface area contributed by atoms with Crippen molar-refractivity contribution in [3.63, 3.8) is 0 Å². The van der Waals surface area contributed by atoms with Crippen molar-refractivity contribution in [2.45, 2.75) is 56.0 Å². The monoisotopic (exact) mass is 358 g/mol. The summed E-state index contributed by atoms with van der Waals surface area (Å²) in [6.07, 6.45) is 7.86. The van der Waals surface area contributed by atoms with Crippen LogP contribution in [0.15, 0.2) is 59.5 Å². The van der Waals surface area contributed by atoms with Gasteiger partial charge in [0.15, 0.2) is 0 Å². The minimum atomic E-state index is -3.53. The molecular weight excluding hydrogens is 332 g/mol. The van der Waals surface area contributed by atoms with Gasteiger partial charge in [-0.3, -0.25) is 4.72 Å². The zero-order valence-corrected chi connectivity index (χ0v) is 15.3. The van der Waals surface area contributed by atoms with E-state index in [9.17, 15) is 8.42 Å². The Bertz CT molecular complexity index is 750. The van der Waals surface area contributed by atoms with Gasteiger partial charge in [0.25, 0.3) is 10.0 Å². The molecule has 4 nitrogen and oxygen atoms in total. The normalized spacial score (nSPS) is 16.3. The van der Waals surface area contributed by atoms with Crippen LogP contribution in [0.3, 0.4) is 0 Å². The molecule has 0 unspecified atom stereocenters. The molecule has 0 aliphatic heterocycles. The molecule has 0 spiro atoms. The topological polar surface area (TPSA) is 58.2 Å². The molecule has 0 radical (unpaired) electrons. The van der Waals surface area contributed by atoms with Crippen molar-refractivity contribution < 1.29 is 8.42 Å². The second-order valence-electron chi connectivity index (χ2n) is 6.68. The average Bonchev–Trinajstić information content (AvgIpc) is 2.90. The van der Waals surface area contributed by atoms with Crippen molar-refractivity contribution in [2.75, 3.05) is 4.72 Å². The molecule has 0 aromatic heterocycles. The van der Waals surface area contributed by atoms with Gasteiger partial charge in [-0.2, -0.15) is 0 Å². The van der Waals surface area contributed by atoms with E-state index in [-0.39, 0.29) is 4.90 Å². The van der Waals surface area contributed by atoms with Crippen LogP contribution in [0.25, 0.3) is 0 Å². The Labute approximate surface area is 150 Å². The molecule has 1 fully saturated rings. The van der Waals surface area contributed by atoms with Crippen LogP contribution in [0.1, 0.15) is 44.1 Å². The van der Waals surface area contributed by atoms with E-state index < -0.39 is 10.0 Å². The molecule has 1 saturated carbocycles. The lowest BCUT2D eigenvalue weighted by Gasteiger charge is -2.16. The molecule has 0 bridgehead atoms. The second-order valence-corrected chi connectivity index (χ2v) is 8.37. The minimum absolute atomic E-state index is 0.272. The lowest BCUT2D eigenvalue weighted by atomic mass is 10.1. The standard InChI is InChI=1S/C20H26N2O2S/c23-25(24,20-10-6-3-7-11-20)22-19-14-12-17(13-15-19)16-21-18-8-4-1-2-5-9-18/h3,6-7,10-15,18,21-22H,1-2,4-5,8-9,16H2. The maximum atomic E-state index is 12.3. The van der Waals surface area contributed by atoms with Crippen molar-refractivity contribution in [2.24, 2.45) is 0 Å². The van der Waals surface area contributed by atoms with Crippen LogP contribution in [0, 0.1) is 0 Å². The lowest BCUT2D eigenvalue weighted by molar-refractivity contribution is 0.459. The van der Waals surface area contributed by atoms with Crippen molar-refractivity contribution in [1.29, 1.82) is 0 Å². The predicted molar refractivity (Wildman–Crippen MR) is 102 cm³/mol. The molecule has 5 heteroatoms. The number of anilines is 1. The van der Waals surface area contributed by atoms with Crippen LogP contribution >= 0.6 is 0 Å². The first-order valence-electron chi connectivity index (χ1n) is 9.04. The van der Waals surface area contributed by atoms with E-state index in [2.05, 4.69) is 10.0 Å². The predicted octanol–water partition coefficient (Wildman–Crippen LogP) is 4.30. The van der Waals surface area contributed by atoms with Gasteiger partial charge in [-0.1, -0.05) is 56.0 Å². The zero-order chi connectivity index (χ0) is 17.5. The smallest absolute Gasteiger partial charge is 0.261 e. The molecule has 25 heavy (non-hydrogen) atoms. The van der Waals surface area contributed by atoms with Crippen LogP contribution in [0.5, 0.6) is 0 Å². The summed E-state index contributed by atoms with van der Waals surface area (Å²) in [7, 11) is -3.53. The molecule has 1 aliphatic rings. The molecule has 0 atom stereocenters. The van der Waals surface area contributed by atoms with E-state index in [1.807, 2.05) is 24.3 Å². The summed E-state index contributed by atoms with van der Waals surface area (Å²) in [6, 6.07) is 16.6. The maximum absolute atomic E-state index is 12.3. The Balaban J connectivity index is 1.57. The lowest BCUT2D eigenvalue weighted by Crippen LogP contribution is -2.27. The van der Waals surface area contributed by atoms with Gasteiger partial charge in [0, 0.05) is 18.3 Å². The fraction of sp³-hybridized carbons (Fsp3) is 0.400. The SMILES string of the molecule is O=S(=O)(Nc1ccc(CNC2CCCCCC2)cc1)c1ccccc1. The van der Waals surface area contributed by atoms with E-state index in [1.54, 1.807) is 30.3 Å². The molecule has 2 aromatic rings. The van der Waals surface area contributed by atoms with Crippen LogP contribution in [0.2, 0.25) is 0 Å². The van der Waals surface area contributed by atoms with Gasteiger partial charge in [-0.05, 0) is 42.7 Å². The molecular formula is C20H26N2O2S. The number of benzene rings is 2. The molecule has 2 N–H and O–H groups in total. The van der Waals surface area contributed by atoms with Crippen molar-refractivity contribution in [3.8, 4) is 0 Å². The third kappa shape index (κ3) is 5.31. The summed E-state index contributed by atoms with van der Waals surface area (Å²) in [4.78, 5) is 0.272. The molecule has 0 saturated heterocycles. The molecule has 3 rings (SSSR count).